The Bertz CT molecular complexity index is 599. The second-order valence-corrected chi connectivity index (χ2v) is 5.56. The molecule has 0 aliphatic carbocycles. The molecule has 2 aromatic carbocycles. The zero-order valence-corrected chi connectivity index (χ0v) is 13.4. The van der Waals surface area contributed by atoms with Crippen molar-refractivity contribution >= 4 is 15.9 Å². The van der Waals surface area contributed by atoms with E-state index in [9.17, 15) is 10.2 Å². The molecule has 0 saturated carbocycles. The average molecular weight is 352 g/mol. The van der Waals surface area contributed by atoms with Crippen molar-refractivity contribution in [2.24, 2.45) is 0 Å². The van der Waals surface area contributed by atoms with Gasteiger partial charge in [0.2, 0.25) is 0 Å². The van der Waals surface area contributed by atoms with Crippen LogP contribution in [0.2, 0.25) is 0 Å². The van der Waals surface area contributed by atoms with Gasteiger partial charge in [0.25, 0.3) is 0 Å². The van der Waals surface area contributed by atoms with Crippen LogP contribution >= 0.6 is 15.9 Å². The fourth-order valence-corrected chi connectivity index (χ4v) is 2.47. The van der Waals surface area contributed by atoms with E-state index in [1.807, 2.05) is 12.1 Å². The van der Waals surface area contributed by atoms with Gasteiger partial charge in [-0.3, -0.25) is 0 Å². The minimum absolute atomic E-state index is 0.135. The fourth-order valence-electron chi connectivity index (χ4n) is 2.00. The van der Waals surface area contributed by atoms with Gasteiger partial charge in [-0.25, -0.2) is 0 Å². The molecule has 3 N–H and O–H groups in total. The number of hydrogen-bond donors (Lipinski definition) is 3. The molecule has 0 spiro atoms. The highest BCUT2D eigenvalue weighted by atomic mass is 79.9. The van der Waals surface area contributed by atoms with E-state index in [-0.39, 0.29) is 11.5 Å². The molecule has 4 nitrogen and oxygen atoms in total. The van der Waals surface area contributed by atoms with Crippen LogP contribution in [0.1, 0.15) is 11.1 Å². The molecule has 0 radical (unpaired) electrons. The largest absolute Gasteiger partial charge is 0.508 e. The Morgan fingerprint density at radius 1 is 1.14 bits per heavy atom. The number of hydrogen-bond acceptors (Lipinski definition) is 4. The molecule has 5 heteroatoms. The van der Waals surface area contributed by atoms with Crippen LogP contribution in [0.5, 0.6) is 17.2 Å². The molecule has 0 aliphatic heterocycles. The van der Waals surface area contributed by atoms with Gasteiger partial charge >= 0.3 is 0 Å². The van der Waals surface area contributed by atoms with Crippen molar-refractivity contribution in [3.05, 3.63) is 52.0 Å². The summed E-state index contributed by atoms with van der Waals surface area (Å²) in [5.74, 6) is 0.870. The summed E-state index contributed by atoms with van der Waals surface area (Å²) in [5.41, 5.74) is 2.14. The van der Waals surface area contributed by atoms with Crippen LogP contribution in [0.15, 0.2) is 40.9 Å². The molecule has 0 bridgehead atoms. The van der Waals surface area contributed by atoms with E-state index in [1.165, 1.54) is 7.11 Å². The number of phenolic OH excluding ortho intramolecular Hbond substituents is 2. The normalized spacial score (nSPS) is 10.6. The summed E-state index contributed by atoms with van der Waals surface area (Å²) in [5, 5.41) is 22.3. The summed E-state index contributed by atoms with van der Waals surface area (Å²) >= 11 is 3.47. The summed E-state index contributed by atoms with van der Waals surface area (Å²) in [6.07, 6.45) is 0.875. The van der Waals surface area contributed by atoms with E-state index in [0.29, 0.717) is 12.3 Å². The fraction of sp³-hybridized carbons (Fsp3) is 0.250. The van der Waals surface area contributed by atoms with Gasteiger partial charge in [0.05, 0.1) is 7.11 Å². The number of nitrogens with one attached hydrogen (secondary N) is 1. The molecular weight excluding hydrogens is 334 g/mol. The summed E-state index contributed by atoms with van der Waals surface area (Å²) in [7, 11) is 1.52. The second kappa shape index (κ2) is 7.33. The number of rotatable bonds is 6. The van der Waals surface area contributed by atoms with Gasteiger partial charge in [0.1, 0.15) is 5.75 Å². The van der Waals surface area contributed by atoms with Crippen LogP contribution in [0.3, 0.4) is 0 Å². The van der Waals surface area contributed by atoms with Gasteiger partial charge in [0, 0.05) is 11.0 Å². The molecule has 0 unspecified atom stereocenters. The van der Waals surface area contributed by atoms with Crippen molar-refractivity contribution < 1.29 is 14.9 Å². The van der Waals surface area contributed by atoms with Gasteiger partial charge < -0.3 is 20.3 Å². The van der Waals surface area contributed by atoms with Gasteiger partial charge in [-0.15, -0.1) is 0 Å². The Morgan fingerprint density at radius 3 is 2.52 bits per heavy atom. The van der Waals surface area contributed by atoms with Gasteiger partial charge in [-0.05, 0) is 48.4 Å². The Labute approximate surface area is 132 Å². The van der Waals surface area contributed by atoms with Crippen LogP contribution in [0.25, 0.3) is 0 Å². The first-order valence-corrected chi connectivity index (χ1v) is 7.43. The molecule has 2 aromatic rings. The van der Waals surface area contributed by atoms with E-state index >= 15 is 0 Å². The van der Waals surface area contributed by atoms with E-state index in [1.54, 1.807) is 24.3 Å². The molecule has 0 aliphatic rings. The molecule has 0 atom stereocenters. The first kappa shape index (κ1) is 15.7. The lowest BCUT2D eigenvalue weighted by atomic mass is 10.1. The van der Waals surface area contributed by atoms with Gasteiger partial charge in [0.15, 0.2) is 11.5 Å². The highest BCUT2D eigenvalue weighted by Crippen LogP contribution is 2.32. The van der Waals surface area contributed by atoms with Crippen molar-refractivity contribution in [3.8, 4) is 17.2 Å². The topological polar surface area (TPSA) is 61.7 Å². The summed E-state index contributed by atoms with van der Waals surface area (Å²) in [6.45, 7) is 1.46. The zero-order valence-electron chi connectivity index (χ0n) is 11.8. The molecule has 21 heavy (non-hydrogen) atoms. The smallest absolute Gasteiger partial charge is 0.161 e. The first-order valence-electron chi connectivity index (χ1n) is 6.64. The van der Waals surface area contributed by atoms with E-state index in [0.717, 1.165) is 28.6 Å². The third-order valence-corrected chi connectivity index (χ3v) is 3.93. The lowest BCUT2D eigenvalue weighted by molar-refractivity contribution is 0.372. The highest BCUT2D eigenvalue weighted by Gasteiger charge is 2.07. The Hall–Kier alpha value is -1.72. The minimum atomic E-state index is 0.135. The number of methoxy groups -OCH3 is 1. The Morgan fingerprint density at radius 2 is 1.86 bits per heavy atom. The number of halogens is 1. The monoisotopic (exact) mass is 351 g/mol. The van der Waals surface area contributed by atoms with E-state index in [2.05, 4.69) is 21.2 Å². The quantitative estimate of drug-likeness (QED) is 0.699. The maximum atomic E-state index is 9.78. The van der Waals surface area contributed by atoms with Crippen LogP contribution in [0.4, 0.5) is 0 Å². The predicted octanol–water partition coefficient (Wildman–Crippen LogP) is 3.20. The number of phenols is 2. The van der Waals surface area contributed by atoms with Crippen LogP contribution < -0.4 is 10.1 Å². The molecule has 0 aromatic heterocycles. The van der Waals surface area contributed by atoms with Crippen molar-refractivity contribution in [3.63, 3.8) is 0 Å². The number of aromatic hydroxyl groups is 2. The number of benzene rings is 2. The van der Waals surface area contributed by atoms with Crippen LogP contribution in [-0.2, 0) is 13.0 Å². The first-order chi connectivity index (χ1) is 10.1. The maximum Gasteiger partial charge on any atom is 0.161 e. The van der Waals surface area contributed by atoms with Crippen molar-refractivity contribution in [1.82, 2.24) is 5.32 Å². The van der Waals surface area contributed by atoms with Gasteiger partial charge in [-0.1, -0.05) is 28.1 Å². The Balaban J connectivity index is 1.86. The molecule has 0 heterocycles. The maximum absolute atomic E-state index is 9.78. The standard InChI is InChI=1S/C16H18BrNO3/c1-21-16-9-14(17)12(8-15(16)20)10-18-7-6-11-2-4-13(19)5-3-11/h2-5,8-9,18-20H,6-7,10H2,1H3. The molecule has 0 amide bonds. The van der Waals surface area contributed by atoms with E-state index < -0.39 is 0 Å². The highest BCUT2D eigenvalue weighted by molar-refractivity contribution is 9.10. The molecule has 0 saturated heterocycles. The second-order valence-electron chi connectivity index (χ2n) is 4.71. The van der Waals surface area contributed by atoms with Crippen molar-refractivity contribution in [2.75, 3.05) is 13.7 Å². The zero-order chi connectivity index (χ0) is 15.2. The average Bonchev–Trinajstić information content (AvgIpc) is 2.48. The van der Waals surface area contributed by atoms with E-state index in [4.69, 9.17) is 4.74 Å². The Kier molecular flexibility index (Phi) is 5.47. The third-order valence-electron chi connectivity index (χ3n) is 3.19. The summed E-state index contributed by atoms with van der Waals surface area (Å²) in [6, 6.07) is 10.6. The van der Waals surface area contributed by atoms with Gasteiger partial charge in [-0.2, -0.15) is 0 Å². The van der Waals surface area contributed by atoms with Crippen LogP contribution in [-0.4, -0.2) is 23.9 Å². The predicted molar refractivity (Wildman–Crippen MR) is 85.9 cm³/mol. The van der Waals surface area contributed by atoms with Crippen molar-refractivity contribution in [2.45, 2.75) is 13.0 Å². The van der Waals surface area contributed by atoms with Crippen molar-refractivity contribution in [1.29, 1.82) is 0 Å². The number of ether oxygens (including phenoxy) is 1. The molecule has 112 valence electrons. The molecule has 0 fully saturated rings. The van der Waals surface area contributed by atoms with Crippen LogP contribution in [0, 0.1) is 0 Å². The third kappa shape index (κ3) is 4.37. The lowest BCUT2D eigenvalue weighted by Gasteiger charge is -2.10. The lowest BCUT2D eigenvalue weighted by Crippen LogP contribution is -2.17. The summed E-state index contributed by atoms with van der Waals surface area (Å²) in [4.78, 5) is 0. The SMILES string of the molecule is COc1cc(Br)c(CNCCc2ccc(O)cc2)cc1O. The minimum Gasteiger partial charge on any atom is -0.508 e. The molecule has 2 rings (SSSR count). The molecular formula is C16H18BrNO3. The summed E-state index contributed by atoms with van der Waals surface area (Å²) < 4.78 is 5.95.